The number of rotatable bonds is 6. The van der Waals surface area contributed by atoms with Gasteiger partial charge in [-0.3, -0.25) is 4.57 Å². The molecule has 0 amide bonds. The first-order chi connectivity index (χ1) is 9.22. The number of nitrogens with one attached hydrogen (secondary N) is 1. The number of hydrogen-bond donors (Lipinski definition) is 1. The zero-order valence-corrected chi connectivity index (χ0v) is 11.4. The number of anilines is 1. The van der Waals surface area contributed by atoms with E-state index in [1.54, 1.807) is 23.3 Å². The van der Waals surface area contributed by atoms with Crippen LogP contribution >= 0.6 is 0 Å². The molecule has 2 heterocycles. The van der Waals surface area contributed by atoms with Crippen molar-refractivity contribution in [2.75, 3.05) is 11.9 Å². The highest BCUT2D eigenvalue weighted by Gasteiger charge is 2.10. The minimum Gasteiger partial charge on any atom is -0.460 e. The first-order valence-corrected chi connectivity index (χ1v) is 6.37. The fraction of sp³-hybridized carbons (Fsp3) is 0.500. The summed E-state index contributed by atoms with van der Waals surface area (Å²) in [6.45, 7) is 6.74. The number of aromatic nitrogens is 5. The van der Waals surface area contributed by atoms with Crippen molar-refractivity contribution in [2.24, 2.45) is 0 Å². The Hall–Kier alpha value is -2.18. The van der Waals surface area contributed by atoms with E-state index in [2.05, 4.69) is 25.3 Å². The molecule has 0 bridgehead atoms. The molecular formula is C12H18N6O. The molecule has 2 rings (SSSR count). The Bertz CT molecular complexity index is 513. The highest BCUT2D eigenvalue weighted by Crippen LogP contribution is 2.13. The molecule has 7 nitrogen and oxygen atoms in total. The van der Waals surface area contributed by atoms with E-state index in [4.69, 9.17) is 4.74 Å². The molecule has 2 aromatic heterocycles. The predicted octanol–water partition coefficient (Wildman–Crippen LogP) is 1.67. The smallest absolute Gasteiger partial charge is 0.323 e. The van der Waals surface area contributed by atoms with Crippen molar-refractivity contribution >= 4 is 5.95 Å². The fourth-order valence-electron chi connectivity index (χ4n) is 1.39. The van der Waals surface area contributed by atoms with Gasteiger partial charge in [-0.2, -0.15) is 15.0 Å². The second-order valence-electron chi connectivity index (χ2n) is 4.08. The van der Waals surface area contributed by atoms with Gasteiger partial charge in [0.2, 0.25) is 11.9 Å². The fourth-order valence-corrected chi connectivity index (χ4v) is 1.39. The maximum Gasteiger partial charge on any atom is 0.323 e. The summed E-state index contributed by atoms with van der Waals surface area (Å²) >= 11 is 0. The van der Waals surface area contributed by atoms with Gasteiger partial charge in [0, 0.05) is 18.9 Å². The molecule has 0 saturated heterocycles. The van der Waals surface area contributed by atoms with Crippen LogP contribution < -0.4 is 10.1 Å². The van der Waals surface area contributed by atoms with Crippen LogP contribution in [0, 0.1) is 0 Å². The molecule has 0 aliphatic rings. The van der Waals surface area contributed by atoms with Crippen molar-refractivity contribution < 1.29 is 4.74 Å². The molecule has 0 spiro atoms. The minimum atomic E-state index is 0.0625. The van der Waals surface area contributed by atoms with Crippen LogP contribution in [0.4, 0.5) is 5.95 Å². The molecule has 0 fully saturated rings. The monoisotopic (exact) mass is 262 g/mol. The average Bonchev–Trinajstić information content (AvgIpc) is 2.92. The van der Waals surface area contributed by atoms with E-state index >= 15 is 0 Å². The van der Waals surface area contributed by atoms with Crippen LogP contribution in [0.1, 0.15) is 27.2 Å². The lowest BCUT2D eigenvalue weighted by atomic mass is 10.3. The highest BCUT2D eigenvalue weighted by molar-refractivity contribution is 5.30. The molecule has 0 aliphatic carbocycles. The van der Waals surface area contributed by atoms with Gasteiger partial charge in [0.05, 0.1) is 6.10 Å². The Balaban J connectivity index is 2.32. The standard InChI is InChI=1S/C12H18N6O/c1-4-9(3)19-12-16-10(14-5-2)15-11(17-12)18-7-6-13-8-18/h6-9H,4-5H2,1-3H3,(H,14,15,16,17). The molecule has 0 saturated carbocycles. The maximum atomic E-state index is 5.65. The highest BCUT2D eigenvalue weighted by atomic mass is 16.5. The quantitative estimate of drug-likeness (QED) is 0.853. The van der Waals surface area contributed by atoms with Gasteiger partial charge in [-0.1, -0.05) is 6.92 Å². The summed E-state index contributed by atoms with van der Waals surface area (Å²) in [5, 5.41) is 3.07. The lowest BCUT2D eigenvalue weighted by molar-refractivity contribution is 0.199. The largest absolute Gasteiger partial charge is 0.460 e. The molecule has 2 aromatic rings. The van der Waals surface area contributed by atoms with Crippen molar-refractivity contribution in [3.05, 3.63) is 18.7 Å². The van der Waals surface area contributed by atoms with Gasteiger partial charge in [-0.15, -0.1) is 0 Å². The third-order valence-corrected chi connectivity index (χ3v) is 2.55. The summed E-state index contributed by atoms with van der Waals surface area (Å²) in [5.41, 5.74) is 0. The zero-order valence-electron chi connectivity index (χ0n) is 11.4. The second-order valence-corrected chi connectivity index (χ2v) is 4.08. The van der Waals surface area contributed by atoms with E-state index in [1.165, 1.54) is 0 Å². The van der Waals surface area contributed by atoms with Crippen molar-refractivity contribution in [3.8, 4) is 12.0 Å². The van der Waals surface area contributed by atoms with E-state index < -0.39 is 0 Å². The third kappa shape index (κ3) is 3.40. The maximum absolute atomic E-state index is 5.65. The summed E-state index contributed by atoms with van der Waals surface area (Å²) in [7, 11) is 0. The van der Waals surface area contributed by atoms with Crippen LogP contribution in [-0.4, -0.2) is 37.2 Å². The van der Waals surface area contributed by atoms with Crippen LogP contribution in [0.3, 0.4) is 0 Å². The van der Waals surface area contributed by atoms with E-state index in [9.17, 15) is 0 Å². The summed E-state index contributed by atoms with van der Waals surface area (Å²) in [6.07, 6.45) is 6.04. The van der Waals surface area contributed by atoms with Crippen LogP contribution in [0.25, 0.3) is 5.95 Å². The average molecular weight is 262 g/mol. The molecule has 0 aliphatic heterocycles. The molecular weight excluding hydrogens is 244 g/mol. The van der Waals surface area contributed by atoms with Gasteiger partial charge in [0.25, 0.3) is 0 Å². The van der Waals surface area contributed by atoms with E-state index in [0.717, 1.165) is 13.0 Å². The Morgan fingerprint density at radius 1 is 1.32 bits per heavy atom. The first kappa shape index (κ1) is 13.3. The zero-order chi connectivity index (χ0) is 13.7. The van der Waals surface area contributed by atoms with E-state index in [-0.39, 0.29) is 6.10 Å². The predicted molar refractivity (Wildman–Crippen MR) is 71.5 cm³/mol. The summed E-state index contributed by atoms with van der Waals surface area (Å²) in [6, 6.07) is 0.323. The topological polar surface area (TPSA) is 77.8 Å². The molecule has 102 valence electrons. The molecule has 0 aromatic carbocycles. The van der Waals surface area contributed by atoms with E-state index in [1.807, 2.05) is 20.8 Å². The van der Waals surface area contributed by atoms with Gasteiger partial charge < -0.3 is 10.1 Å². The third-order valence-electron chi connectivity index (χ3n) is 2.55. The van der Waals surface area contributed by atoms with Crippen LogP contribution in [0.2, 0.25) is 0 Å². The van der Waals surface area contributed by atoms with Crippen molar-refractivity contribution in [1.29, 1.82) is 0 Å². The molecule has 1 N–H and O–H groups in total. The molecule has 1 atom stereocenters. The molecule has 7 heteroatoms. The summed E-state index contributed by atoms with van der Waals surface area (Å²) in [5.74, 6) is 0.987. The summed E-state index contributed by atoms with van der Waals surface area (Å²) < 4.78 is 7.37. The van der Waals surface area contributed by atoms with Gasteiger partial charge in [-0.05, 0) is 20.3 Å². The lowest BCUT2D eigenvalue weighted by Gasteiger charge is -2.12. The molecule has 0 radical (unpaired) electrons. The van der Waals surface area contributed by atoms with Crippen LogP contribution in [0.15, 0.2) is 18.7 Å². The van der Waals surface area contributed by atoms with Crippen LogP contribution in [-0.2, 0) is 0 Å². The SMILES string of the molecule is CCNc1nc(OC(C)CC)nc(-n2ccnc2)n1. The van der Waals surface area contributed by atoms with Crippen molar-refractivity contribution in [1.82, 2.24) is 24.5 Å². The van der Waals surface area contributed by atoms with Gasteiger partial charge >= 0.3 is 6.01 Å². The van der Waals surface area contributed by atoms with Gasteiger partial charge in [-0.25, -0.2) is 4.98 Å². The number of imidazole rings is 1. The number of hydrogen-bond acceptors (Lipinski definition) is 6. The summed E-state index contributed by atoms with van der Waals surface area (Å²) in [4.78, 5) is 16.8. The minimum absolute atomic E-state index is 0.0625. The Morgan fingerprint density at radius 3 is 2.79 bits per heavy atom. The second kappa shape index (κ2) is 6.12. The van der Waals surface area contributed by atoms with Crippen LogP contribution in [0.5, 0.6) is 6.01 Å². The Morgan fingerprint density at radius 2 is 2.16 bits per heavy atom. The van der Waals surface area contributed by atoms with Gasteiger partial charge in [0.15, 0.2) is 0 Å². The molecule has 1 unspecified atom stereocenters. The van der Waals surface area contributed by atoms with Crippen molar-refractivity contribution in [2.45, 2.75) is 33.3 Å². The van der Waals surface area contributed by atoms with Gasteiger partial charge in [0.1, 0.15) is 6.33 Å². The normalized spacial score (nSPS) is 12.2. The first-order valence-electron chi connectivity index (χ1n) is 6.37. The van der Waals surface area contributed by atoms with Crippen molar-refractivity contribution in [3.63, 3.8) is 0 Å². The Labute approximate surface area is 112 Å². The van der Waals surface area contributed by atoms with E-state index in [0.29, 0.717) is 17.9 Å². The molecule has 19 heavy (non-hydrogen) atoms. The number of nitrogens with zero attached hydrogens (tertiary/aromatic N) is 5. The lowest BCUT2D eigenvalue weighted by Crippen LogP contribution is -2.15. The Kier molecular flexibility index (Phi) is 4.27. The number of ether oxygens (including phenoxy) is 1.